The van der Waals surface area contributed by atoms with E-state index in [4.69, 9.17) is 9.16 Å². The molecule has 0 aromatic heterocycles. The van der Waals surface area contributed by atoms with Crippen molar-refractivity contribution in [1.29, 1.82) is 0 Å². The molecule has 0 radical (unpaired) electrons. The Morgan fingerprint density at radius 3 is 2.21 bits per heavy atom. The van der Waals surface area contributed by atoms with Crippen LogP contribution < -0.4 is 0 Å². The monoisotopic (exact) mass is 406 g/mol. The lowest BCUT2D eigenvalue weighted by molar-refractivity contribution is -0.135. The van der Waals surface area contributed by atoms with E-state index in [0.29, 0.717) is 5.56 Å². The first-order valence-corrected chi connectivity index (χ1v) is 12.1. The van der Waals surface area contributed by atoms with Gasteiger partial charge < -0.3 is 13.9 Å². The van der Waals surface area contributed by atoms with Gasteiger partial charge in [0.1, 0.15) is 6.61 Å². The van der Waals surface area contributed by atoms with Crippen LogP contribution >= 0.6 is 0 Å². The number of carbonyl (C=O) groups excluding carboxylic acids is 3. The molecule has 6 nitrogen and oxygen atoms in total. The van der Waals surface area contributed by atoms with Crippen molar-refractivity contribution in [2.24, 2.45) is 0 Å². The quantitative estimate of drug-likeness (QED) is 0.351. The summed E-state index contributed by atoms with van der Waals surface area (Å²) in [6.45, 7) is 10.3. The molecule has 28 heavy (non-hydrogen) atoms. The molecule has 0 aliphatic carbocycles. The van der Waals surface area contributed by atoms with Crippen LogP contribution in [0.15, 0.2) is 42.5 Å². The Morgan fingerprint density at radius 1 is 1.07 bits per heavy atom. The topological polar surface area (TPSA) is 78.9 Å². The Bertz CT molecular complexity index is 703. The highest BCUT2D eigenvalue weighted by Crippen LogP contribution is 2.37. The van der Waals surface area contributed by atoms with Crippen molar-refractivity contribution < 1.29 is 28.3 Å². The van der Waals surface area contributed by atoms with E-state index < -0.39 is 26.4 Å². The lowest BCUT2D eigenvalue weighted by Crippen LogP contribution is -2.45. The van der Waals surface area contributed by atoms with Crippen LogP contribution in [0, 0.1) is 0 Å². The Morgan fingerprint density at radius 2 is 1.68 bits per heavy atom. The van der Waals surface area contributed by atoms with E-state index in [1.54, 1.807) is 24.3 Å². The van der Waals surface area contributed by atoms with Crippen molar-refractivity contribution in [3.8, 4) is 0 Å². The molecule has 0 N–H and O–H groups in total. The summed E-state index contributed by atoms with van der Waals surface area (Å²) in [5.74, 6) is -1.38. The maximum Gasteiger partial charge on any atom is 0.338 e. The standard InChI is InChI=1S/C21H30O6Si/c1-21(2,3)28(5,6)27-18(14-17(22)12-13-19(23)25-4)15-26-20(24)16-10-8-7-9-11-16/h7-13,18H,14-15H2,1-6H3/b13-12+. The maximum atomic E-state index is 12.2. The van der Waals surface area contributed by atoms with Gasteiger partial charge in [-0.2, -0.15) is 0 Å². The number of benzene rings is 1. The van der Waals surface area contributed by atoms with Gasteiger partial charge in [0.2, 0.25) is 0 Å². The van der Waals surface area contributed by atoms with Crippen LogP contribution in [0.25, 0.3) is 0 Å². The van der Waals surface area contributed by atoms with Gasteiger partial charge in [0.15, 0.2) is 14.1 Å². The maximum absolute atomic E-state index is 12.2. The highest BCUT2D eigenvalue weighted by molar-refractivity contribution is 6.74. The molecule has 1 rings (SSSR count). The first kappa shape index (κ1) is 23.8. The Labute approximate surface area is 168 Å². The van der Waals surface area contributed by atoms with E-state index in [1.165, 1.54) is 7.11 Å². The highest BCUT2D eigenvalue weighted by Gasteiger charge is 2.39. The number of hydrogen-bond acceptors (Lipinski definition) is 6. The van der Waals surface area contributed by atoms with Gasteiger partial charge in [0, 0.05) is 12.5 Å². The van der Waals surface area contributed by atoms with Crippen LogP contribution in [0.1, 0.15) is 37.6 Å². The molecule has 0 fully saturated rings. The number of methoxy groups -OCH3 is 1. The Balaban J connectivity index is 2.85. The van der Waals surface area contributed by atoms with E-state index in [1.807, 2.05) is 6.07 Å². The van der Waals surface area contributed by atoms with E-state index in [-0.39, 0.29) is 23.8 Å². The molecule has 0 bridgehead atoms. The zero-order chi connectivity index (χ0) is 21.4. The summed E-state index contributed by atoms with van der Waals surface area (Å²) in [5, 5.41) is -0.0698. The number of ketones is 1. The Kier molecular flexibility index (Phi) is 8.78. The summed E-state index contributed by atoms with van der Waals surface area (Å²) in [7, 11) is -0.957. The number of hydrogen-bond donors (Lipinski definition) is 0. The van der Waals surface area contributed by atoms with Crippen LogP contribution in [0.3, 0.4) is 0 Å². The van der Waals surface area contributed by atoms with E-state index >= 15 is 0 Å². The fourth-order valence-electron chi connectivity index (χ4n) is 2.08. The van der Waals surface area contributed by atoms with Gasteiger partial charge in [0.05, 0.1) is 18.8 Å². The molecule has 0 saturated heterocycles. The zero-order valence-corrected chi connectivity index (χ0v) is 18.5. The summed E-state index contributed by atoms with van der Waals surface area (Å²) in [4.78, 5) is 35.6. The van der Waals surface area contributed by atoms with E-state index in [9.17, 15) is 14.4 Å². The number of carbonyl (C=O) groups is 3. The average Bonchev–Trinajstić information content (AvgIpc) is 2.63. The fraction of sp³-hybridized carbons (Fsp3) is 0.476. The minimum absolute atomic E-state index is 0.00206. The second-order valence-corrected chi connectivity index (χ2v) is 12.7. The van der Waals surface area contributed by atoms with Crippen molar-refractivity contribution >= 4 is 26.0 Å². The summed E-state index contributed by atoms with van der Waals surface area (Å²) < 4.78 is 16.2. The first-order chi connectivity index (χ1) is 13.0. The van der Waals surface area contributed by atoms with Crippen molar-refractivity contribution in [3.05, 3.63) is 48.0 Å². The molecule has 1 aromatic rings. The minimum atomic E-state index is -2.20. The van der Waals surface area contributed by atoms with Gasteiger partial charge >= 0.3 is 11.9 Å². The van der Waals surface area contributed by atoms with E-state index in [0.717, 1.165) is 12.2 Å². The lowest BCUT2D eigenvalue weighted by Gasteiger charge is -2.39. The van der Waals surface area contributed by atoms with Crippen LogP contribution in [-0.4, -0.2) is 45.9 Å². The molecule has 0 saturated carbocycles. The Hall–Kier alpha value is -2.25. The largest absolute Gasteiger partial charge is 0.466 e. The first-order valence-electron chi connectivity index (χ1n) is 9.15. The third-order valence-electron chi connectivity index (χ3n) is 4.71. The van der Waals surface area contributed by atoms with Gasteiger partial charge in [-0.05, 0) is 36.3 Å². The molecule has 0 aliphatic heterocycles. The number of ether oxygens (including phenoxy) is 2. The molecule has 0 heterocycles. The summed E-state index contributed by atoms with van der Waals surface area (Å²) in [6, 6.07) is 8.64. The zero-order valence-electron chi connectivity index (χ0n) is 17.5. The highest BCUT2D eigenvalue weighted by atomic mass is 28.4. The smallest absolute Gasteiger partial charge is 0.338 e. The molecule has 1 unspecified atom stereocenters. The fourth-order valence-corrected chi connectivity index (χ4v) is 3.41. The van der Waals surface area contributed by atoms with Crippen LogP contribution in [-0.2, 0) is 23.5 Å². The molecular weight excluding hydrogens is 376 g/mol. The molecule has 0 spiro atoms. The lowest BCUT2D eigenvalue weighted by atomic mass is 10.2. The van der Waals surface area contributed by atoms with Crippen molar-refractivity contribution in [2.45, 2.75) is 51.4 Å². The van der Waals surface area contributed by atoms with Gasteiger partial charge in [-0.25, -0.2) is 9.59 Å². The molecule has 1 aromatic carbocycles. The van der Waals surface area contributed by atoms with Crippen LogP contribution in [0.2, 0.25) is 18.1 Å². The summed E-state index contributed by atoms with van der Waals surface area (Å²) >= 11 is 0. The molecule has 154 valence electrons. The predicted molar refractivity (Wildman–Crippen MR) is 110 cm³/mol. The third-order valence-corrected chi connectivity index (χ3v) is 9.25. The van der Waals surface area contributed by atoms with Gasteiger partial charge in [-0.1, -0.05) is 39.0 Å². The molecule has 0 aliphatic rings. The van der Waals surface area contributed by atoms with Gasteiger partial charge in [-0.3, -0.25) is 4.79 Å². The van der Waals surface area contributed by atoms with Gasteiger partial charge in [-0.15, -0.1) is 0 Å². The molecule has 0 amide bonds. The number of rotatable bonds is 9. The van der Waals surface area contributed by atoms with Crippen molar-refractivity contribution in [3.63, 3.8) is 0 Å². The third kappa shape index (κ3) is 7.78. The minimum Gasteiger partial charge on any atom is -0.466 e. The van der Waals surface area contributed by atoms with E-state index in [2.05, 4.69) is 38.6 Å². The average molecular weight is 407 g/mol. The van der Waals surface area contributed by atoms with Crippen molar-refractivity contribution in [1.82, 2.24) is 0 Å². The van der Waals surface area contributed by atoms with Gasteiger partial charge in [0.25, 0.3) is 0 Å². The molecule has 7 heteroatoms. The molecular formula is C21H30O6Si. The second-order valence-electron chi connectivity index (χ2n) is 7.99. The van der Waals surface area contributed by atoms with Crippen LogP contribution in [0.5, 0.6) is 0 Å². The summed E-state index contributed by atoms with van der Waals surface area (Å²) in [5.41, 5.74) is 0.436. The SMILES string of the molecule is COC(=O)/C=C/C(=O)CC(COC(=O)c1ccccc1)O[Si](C)(C)C(C)(C)C. The second kappa shape index (κ2) is 10.3. The predicted octanol–water partition coefficient (Wildman–Crippen LogP) is 3.92. The summed E-state index contributed by atoms with van der Waals surface area (Å²) in [6.07, 6.45) is 1.64. The van der Waals surface area contributed by atoms with Crippen molar-refractivity contribution in [2.75, 3.05) is 13.7 Å². The van der Waals surface area contributed by atoms with Crippen LogP contribution in [0.4, 0.5) is 0 Å². The normalized spacial score (nSPS) is 13.2. The number of esters is 2. The molecule has 1 atom stereocenters. The number of allylic oxidation sites excluding steroid dienone is 1.